The molecule has 0 saturated carbocycles. The Morgan fingerprint density at radius 1 is 0.222 bits per heavy atom. The number of hydrogen-bond donors (Lipinski definition) is 0. The van der Waals surface area contributed by atoms with Gasteiger partial charge in [-0.3, -0.25) is 0 Å². The Morgan fingerprint density at radius 3 is 1.04 bits per heavy atom. The van der Waals surface area contributed by atoms with Crippen LogP contribution in [0.25, 0.3) is 86.2 Å². The smallest absolute Gasteiger partial charge is 0.0721 e. The van der Waals surface area contributed by atoms with Gasteiger partial charge < -0.3 is 0 Å². The lowest BCUT2D eigenvalue weighted by Gasteiger charge is -2.15. The molecule has 1 radical (unpaired) electrons. The lowest BCUT2D eigenvalue weighted by Crippen LogP contribution is -1.93. The highest BCUT2D eigenvalue weighted by atomic mass is 14.9. The second-order valence-corrected chi connectivity index (χ2v) is 12.1. The predicted molar refractivity (Wildman–Crippen MR) is 194 cm³/mol. The Kier molecular flexibility index (Phi) is 5.06. The summed E-state index contributed by atoms with van der Waals surface area (Å²) in [6, 6.07) is 57.5. The molecule has 1 heteroatoms. The van der Waals surface area contributed by atoms with E-state index in [0.29, 0.717) is 0 Å². The molecule has 10 aromatic rings. The summed E-state index contributed by atoms with van der Waals surface area (Å²) in [6.45, 7) is 0. The van der Waals surface area contributed by atoms with Crippen LogP contribution in [0.3, 0.4) is 0 Å². The average Bonchev–Trinajstić information content (AvgIpc) is 3.10. The highest BCUT2D eigenvalue weighted by molar-refractivity contribution is 6.26. The van der Waals surface area contributed by atoms with Crippen molar-refractivity contribution in [2.45, 2.75) is 0 Å². The maximum atomic E-state index is 5.46. The third-order valence-corrected chi connectivity index (χ3v) is 9.72. The molecule has 0 aromatic heterocycles. The summed E-state index contributed by atoms with van der Waals surface area (Å²) in [7, 11) is 0. The van der Waals surface area contributed by atoms with Crippen molar-refractivity contribution < 1.29 is 0 Å². The predicted octanol–water partition coefficient (Wildman–Crippen LogP) is 12.5. The first-order valence-corrected chi connectivity index (χ1v) is 15.6. The zero-order valence-corrected chi connectivity index (χ0v) is 24.5. The quantitative estimate of drug-likeness (QED) is 0.184. The topological polar surface area (TPSA) is 14.1 Å². The molecule has 0 aliphatic carbocycles. The Hall–Kier alpha value is -5.92. The molecule has 0 atom stereocenters. The minimum Gasteiger partial charge on any atom is -0.248 e. The first-order chi connectivity index (χ1) is 22.3. The van der Waals surface area contributed by atoms with E-state index in [1.807, 2.05) is 0 Å². The van der Waals surface area contributed by atoms with Crippen LogP contribution in [0.5, 0.6) is 0 Å². The van der Waals surface area contributed by atoms with E-state index in [1.54, 1.807) is 0 Å². The third-order valence-electron chi connectivity index (χ3n) is 9.72. The summed E-state index contributed by atoms with van der Waals surface area (Å²) < 4.78 is 0. The van der Waals surface area contributed by atoms with E-state index >= 15 is 0 Å². The second kappa shape index (κ2) is 9.29. The van der Waals surface area contributed by atoms with Gasteiger partial charge in [0, 0.05) is 10.8 Å². The molecule has 1 nitrogen and oxygen atoms in total. The van der Waals surface area contributed by atoms with Crippen LogP contribution in [-0.4, -0.2) is 0 Å². The van der Waals surface area contributed by atoms with Gasteiger partial charge in [0.2, 0.25) is 0 Å². The fourth-order valence-corrected chi connectivity index (χ4v) is 7.66. The van der Waals surface area contributed by atoms with Crippen LogP contribution in [0.1, 0.15) is 0 Å². The highest BCUT2D eigenvalue weighted by Crippen LogP contribution is 2.41. The van der Waals surface area contributed by atoms with Gasteiger partial charge in [-0.05, 0) is 87.5 Å². The van der Waals surface area contributed by atoms with E-state index in [0.717, 1.165) is 11.4 Å². The molecule has 0 unspecified atom stereocenters. The standard InChI is InChI=1S/C44H26N/c1-3-11-31-27(7-1)15-19-35-33(31)23-25-39-37(35)21-17-29-9-5-13-41(43(29)39)45-42-14-6-10-30-18-22-38-36-20-16-28-8-2-4-12-32(28)34(36)24-26-40(38)44(30)42/h1-26H. The molecular weight excluding hydrogens is 542 g/mol. The van der Waals surface area contributed by atoms with E-state index in [-0.39, 0.29) is 0 Å². The van der Waals surface area contributed by atoms with Gasteiger partial charge in [-0.25, -0.2) is 5.32 Å². The van der Waals surface area contributed by atoms with E-state index in [9.17, 15) is 0 Å². The van der Waals surface area contributed by atoms with Crippen LogP contribution < -0.4 is 5.32 Å². The van der Waals surface area contributed by atoms with Crippen molar-refractivity contribution >= 4 is 97.6 Å². The summed E-state index contributed by atoms with van der Waals surface area (Å²) in [5, 5.41) is 25.5. The van der Waals surface area contributed by atoms with Crippen molar-refractivity contribution in [3.8, 4) is 0 Å². The number of benzene rings is 10. The third kappa shape index (κ3) is 3.56. The average molecular weight is 569 g/mol. The second-order valence-electron chi connectivity index (χ2n) is 12.1. The molecule has 0 N–H and O–H groups in total. The van der Waals surface area contributed by atoms with Crippen LogP contribution in [0.15, 0.2) is 158 Å². The van der Waals surface area contributed by atoms with Crippen LogP contribution >= 0.6 is 0 Å². The zero-order chi connectivity index (χ0) is 29.5. The van der Waals surface area contributed by atoms with Gasteiger partial charge in [0.1, 0.15) is 0 Å². The van der Waals surface area contributed by atoms with Crippen molar-refractivity contribution in [1.29, 1.82) is 0 Å². The molecule has 10 rings (SSSR count). The van der Waals surface area contributed by atoms with E-state index < -0.39 is 0 Å². The van der Waals surface area contributed by atoms with Gasteiger partial charge in [-0.2, -0.15) is 0 Å². The Bertz CT molecular complexity index is 2650. The molecule has 0 amide bonds. The molecule has 0 fully saturated rings. The molecule has 0 bridgehead atoms. The SMILES string of the molecule is c1ccc2c(c1)ccc1c2ccc2c1ccc1cccc([N]c3cccc4ccc5c6ccc7ccccc7c6ccc5c34)c12. The Morgan fingerprint density at radius 2 is 0.556 bits per heavy atom. The minimum atomic E-state index is 0.995. The molecule has 45 heavy (non-hydrogen) atoms. The summed E-state index contributed by atoms with van der Waals surface area (Å²) in [5.41, 5.74) is 1.99. The van der Waals surface area contributed by atoms with Crippen LogP contribution in [-0.2, 0) is 0 Å². The van der Waals surface area contributed by atoms with Crippen molar-refractivity contribution in [1.82, 2.24) is 5.32 Å². The summed E-state index contributed by atoms with van der Waals surface area (Å²) in [4.78, 5) is 0. The number of hydrogen-bond acceptors (Lipinski definition) is 0. The number of fused-ring (bicyclic) bond motifs is 14. The number of rotatable bonds is 2. The fraction of sp³-hybridized carbons (Fsp3) is 0. The minimum absolute atomic E-state index is 0.995. The molecule has 207 valence electrons. The molecule has 0 heterocycles. The molecule has 0 aliphatic rings. The monoisotopic (exact) mass is 568 g/mol. The maximum Gasteiger partial charge on any atom is 0.0721 e. The zero-order valence-electron chi connectivity index (χ0n) is 24.5. The van der Waals surface area contributed by atoms with Crippen LogP contribution in [0, 0.1) is 0 Å². The van der Waals surface area contributed by atoms with Gasteiger partial charge in [-0.1, -0.05) is 146 Å². The van der Waals surface area contributed by atoms with Gasteiger partial charge in [0.25, 0.3) is 0 Å². The van der Waals surface area contributed by atoms with Gasteiger partial charge >= 0.3 is 0 Å². The van der Waals surface area contributed by atoms with Gasteiger partial charge in [0.15, 0.2) is 0 Å². The van der Waals surface area contributed by atoms with Crippen molar-refractivity contribution in [3.63, 3.8) is 0 Å². The van der Waals surface area contributed by atoms with Crippen LogP contribution in [0.2, 0.25) is 0 Å². The Labute approximate surface area is 259 Å². The van der Waals surface area contributed by atoms with Crippen molar-refractivity contribution in [2.75, 3.05) is 0 Å². The first kappa shape index (κ1) is 24.5. The van der Waals surface area contributed by atoms with Crippen molar-refractivity contribution in [3.05, 3.63) is 158 Å². The van der Waals surface area contributed by atoms with Crippen LogP contribution in [0.4, 0.5) is 11.4 Å². The lowest BCUT2D eigenvalue weighted by atomic mass is 9.93. The summed E-state index contributed by atoms with van der Waals surface area (Å²) in [5.74, 6) is 0. The summed E-state index contributed by atoms with van der Waals surface area (Å²) in [6.07, 6.45) is 0. The van der Waals surface area contributed by atoms with E-state index in [1.165, 1.54) is 86.2 Å². The molecule has 0 aliphatic heterocycles. The van der Waals surface area contributed by atoms with E-state index in [4.69, 9.17) is 5.32 Å². The molecule has 10 aromatic carbocycles. The maximum absolute atomic E-state index is 5.46. The lowest BCUT2D eigenvalue weighted by molar-refractivity contribution is 1.22. The summed E-state index contributed by atoms with van der Waals surface area (Å²) >= 11 is 0. The highest BCUT2D eigenvalue weighted by Gasteiger charge is 2.14. The van der Waals surface area contributed by atoms with Crippen molar-refractivity contribution in [2.24, 2.45) is 0 Å². The van der Waals surface area contributed by atoms with Gasteiger partial charge in [-0.15, -0.1) is 0 Å². The fourth-order valence-electron chi connectivity index (χ4n) is 7.66. The Balaban J connectivity index is 1.21. The van der Waals surface area contributed by atoms with E-state index in [2.05, 4.69) is 158 Å². The first-order valence-electron chi connectivity index (χ1n) is 15.6. The molecule has 0 spiro atoms. The number of nitrogens with zero attached hydrogens (tertiary/aromatic N) is 1. The normalized spacial score (nSPS) is 12.0. The van der Waals surface area contributed by atoms with Gasteiger partial charge in [0.05, 0.1) is 11.4 Å². The largest absolute Gasteiger partial charge is 0.248 e. The molecule has 0 saturated heterocycles. The molecular formula is C44H26N.